The maximum Gasteiger partial charge on any atom is 0.0233 e. The van der Waals surface area contributed by atoms with Crippen molar-refractivity contribution < 1.29 is 0 Å². The third-order valence-electron chi connectivity index (χ3n) is 4.12. The minimum absolute atomic E-state index is 0. The fourth-order valence-corrected chi connectivity index (χ4v) is 2.82. The van der Waals surface area contributed by atoms with Crippen LogP contribution in [0.2, 0.25) is 0 Å². The van der Waals surface area contributed by atoms with Gasteiger partial charge in [-0.05, 0) is 50.3 Å². The highest BCUT2D eigenvalue weighted by atomic mass is 35.5. The molecule has 1 aliphatic rings. The van der Waals surface area contributed by atoms with Gasteiger partial charge in [-0.2, -0.15) is 0 Å². The number of halogens is 1. The summed E-state index contributed by atoms with van der Waals surface area (Å²) in [5.41, 5.74) is 7.48. The number of nitrogens with zero attached hydrogens (tertiary/aromatic N) is 1. The van der Waals surface area contributed by atoms with Crippen molar-refractivity contribution in [3.63, 3.8) is 0 Å². The van der Waals surface area contributed by atoms with Gasteiger partial charge in [0.05, 0.1) is 0 Å². The molecule has 2 rings (SSSR count). The predicted molar refractivity (Wildman–Crippen MR) is 84.6 cm³/mol. The van der Waals surface area contributed by atoms with Gasteiger partial charge >= 0.3 is 0 Å². The first-order chi connectivity index (χ1) is 8.78. The van der Waals surface area contributed by atoms with E-state index < -0.39 is 0 Å². The van der Waals surface area contributed by atoms with Gasteiger partial charge in [0.25, 0.3) is 0 Å². The summed E-state index contributed by atoms with van der Waals surface area (Å²) in [6.45, 7) is 5.76. The zero-order valence-corrected chi connectivity index (χ0v) is 12.7. The molecule has 0 spiro atoms. The summed E-state index contributed by atoms with van der Waals surface area (Å²) in [5.74, 6) is 0.854. The Balaban J connectivity index is 0.00000180. The van der Waals surface area contributed by atoms with Crippen molar-refractivity contribution in [2.75, 3.05) is 13.1 Å². The second-order valence-corrected chi connectivity index (χ2v) is 5.61. The molecule has 0 aliphatic carbocycles. The molecule has 1 heterocycles. The summed E-state index contributed by atoms with van der Waals surface area (Å²) in [4.78, 5) is 2.57. The highest BCUT2D eigenvalue weighted by Crippen LogP contribution is 2.23. The van der Waals surface area contributed by atoms with Crippen LogP contribution in [-0.2, 0) is 6.54 Å². The van der Waals surface area contributed by atoms with Crippen LogP contribution in [0.1, 0.15) is 38.2 Å². The zero-order valence-electron chi connectivity index (χ0n) is 11.9. The molecule has 0 saturated carbocycles. The third kappa shape index (κ3) is 5.52. The number of likely N-dealkylation sites (tertiary alicyclic amines) is 1. The molecule has 0 amide bonds. The van der Waals surface area contributed by atoms with Crippen molar-refractivity contribution in [2.24, 2.45) is 11.7 Å². The normalized spacial score (nSPS) is 18.8. The lowest BCUT2D eigenvalue weighted by atomic mass is 9.89. The van der Waals surface area contributed by atoms with E-state index in [-0.39, 0.29) is 12.4 Å². The molecule has 2 nitrogen and oxygen atoms in total. The summed E-state index contributed by atoms with van der Waals surface area (Å²) >= 11 is 0. The number of nitrogens with two attached hydrogens (primary N) is 1. The van der Waals surface area contributed by atoms with Crippen LogP contribution in [0.4, 0.5) is 0 Å². The Kier molecular flexibility index (Phi) is 7.44. The molecule has 1 fully saturated rings. The molecule has 1 aromatic rings. The van der Waals surface area contributed by atoms with E-state index in [2.05, 4.69) is 42.2 Å². The van der Waals surface area contributed by atoms with Crippen LogP contribution in [0.5, 0.6) is 0 Å². The van der Waals surface area contributed by atoms with Gasteiger partial charge in [0, 0.05) is 12.6 Å². The Morgan fingerprint density at radius 3 is 2.42 bits per heavy atom. The molecule has 19 heavy (non-hydrogen) atoms. The molecule has 108 valence electrons. The van der Waals surface area contributed by atoms with Gasteiger partial charge in [0.15, 0.2) is 0 Å². The Morgan fingerprint density at radius 2 is 1.84 bits per heavy atom. The molecule has 3 heteroatoms. The first-order valence-corrected chi connectivity index (χ1v) is 7.29. The maximum absolute atomic E-state index is 6.05. The molecule has 1 atom stereocenters. The smallest absolute Gasteiger partial charge is 0.0233 e. The van der Waals surface area contributed by atoms with E-state index in [0.717, 1.165) is 18.9 Å². The Hall–Kier alpha value is -0.570. The summed E-state index contributed by atoms with van der Waals surface area (Å²) in [7, 11) is 0. The van der Waals surface area contributed by atoms with Gasteiger partial charge in [0.1, 0.15) is 0 Å². The van der Waals surface area contributed by atoms with E-state index in [1.54, 1.807) is 0 Å². The van der Waals surface area contributed by atoms with E-state index in [9.17, 15) is 0 Å². The summed E-state index contributed by atoms with van der Waals surface area (Å²) in [6.07, 6.45) is 4.97. The van der Waals surface area contributed by atoms with Crippen molar-refractivity contribution in [1.29, 1.82) is 0 Å². The predicted octanol–water partition coefficient (Wildman–Crippen LogP) is 3.45. The van der Waals surface area contributed by atoms with Gasteiger partial charge in [-0.25, -0.2) is 0 Å². The molecule has 1 aliphatic heterocycles. The Bertz CT molecular complexity index is 334. The van der Waals surface area contributed by atoms with Gasteiger partial charge < -0.3 is 5.73 Å². The summed E-state index contributed by atoms with van der Waals surface area (Å²) in [6, 6.07) is 11.2. The van der Waals surface area contributed by atoms with E-state index >= 15 is 0 Å². The number of benzene rings is 1. The van der Waals surface area contributed by atoms with Crippen LogP contribution in [0.3, 0.4) is 0 Å². The highest BCUT2D eigenvalue weighted by Gasteiger charge is 2.20. The van der Waals surface area contributed by atoms with Crippen molar-refractivity contribution in [3.05, 3.63) is 35.9 Å². The quantitative estimate of drug-likeness (QED) is 0.896. The first-order valence-electron chi connectivity index (χ1n) is 7.29. The molecule has 1 unspecified atom stereocenters. The van der Waals surface area contributed by atoms with Crippen molar-refractivity contribution >= 4 is 12.4 Å². The summed E-state index contributed by atoms with van der Waals surface area (Å²) < 4.78 is 0. The number of rotatable bonds is 5. The van der Waals surface area contributed by atoms with Gasteiger partial charge in [-0.15, -0.1) is 12.4 Å². The van der Waals surface area contributed by atoms with E-state index in [0.29, 0.717) is 6.04 Å². The van der Waals surface area contributed by atoms with Crippen LogP contribution >= 0.6 is 12.4 Å². The second kappa shape index (κ2) is 8.57. The lowest BCUT2D eigenvalue weighted by molar-refractivity contribution is 0.167. The van der Waals surface area contributed by atoms with Gasteiger partial charge in [0.2, 0.25) is 0 Å². The van der Waals surface area contributed by atoms with E-state index in [1.165, 1.54) is 37.9 Å². The maximum atomic E-state index is 6.05. The lowest BCUT2D eigenvalue weighted by Crippen LogP contribution is -2.35. The Labute approximate surface area is 123 Å². The molecule has 1 saturated heterocycles. The standard InChI is InChI=1S/C16H26N2.ClH/c1-2-16(17)12-14-8-10-18(11-9-14)13-15-6-4-3-5-7-15;/h3-7,14,16H,2,8-13,17H2,1H3;1H. The molecule has 0 radical (unpaired) electrons. The van der Waals surface area contributed by atoms with E-state index in [1.807, 2.05) is 0 Å². The van der Waals surface area contributed by atoms with Crippen LogP contribution in [0.15, 0.2) is 30.3 Å². The fourth-order valence-electron chi connectivity index (χ4n) is 2.82. The molecule has 2 N–H and O–H groups in total. The first kappa shape index (κ1) is 16.5. The van der Waals surface area contributed by atoms with E-state index in [4.69, 9.17) is 5.73 Å². The monoisotopic (exact) mass is 282 g/mol. The van der Waals surface area contributed by atoms with Crippen LogP contribution < -0.4 is 5.73 Å². The molecule has 0 aromatic heterocycles. The largest absolute Gasteiger partial charge is 0.328 e. The third-order valence-corrected chi connectivity index (χ3v) is 4.12. The SMILES string of the molecule is CCC(N)CC1CCN(Cc2ccccc2)CC1.Cl. The fraction of sp³-hybridized carbons (Fsp3) is 0.625. The molecular weight excluding hydrogens is 256 g/mol. The van der Waals surface area contributed by atoms with Gasteiger partial charge in [-0.3, -0.25) is 4.90 Å². The van der Waals surface area contributed by atoms with Gasteiger partial charge in [-0.1, -0.05) is 37.3 Å². The second-order valence-electron chi connectivity index (χ2n) is 5.61. The number of hydrogen-bond acceptors (Lipinski definition) is 2. The average molecular weight is 283 g/mol. The minimum atomic E-state index is 0. The molecule has 0 bridgehead atoms. The van der Waals surface area contributed by atoms with Crippen molar-refractivity contribution in [2.45, 2.75) is 45.2 Å². The highest BCUT2D eigenvalue weighted by molar-refractivity contribution is 5.85. The van der Waals surface area contributed by atoms with Crippen LogP contribution in [0.25, 0.3) is 0 Å². The summed E-state index contributed by atoms with van der Waals surface area (Å²) in [5, 5.41) is 0. The molecular formula is C16H27ClN2. The minimum Gasteiger partial charge on any atom is -0.328 e. The van der Waals surface area contributed by atoms with Crippen LogP contribution in [0, 0.1) is 5.92 Å². The molecule has 1 aromatic carbocycles. The number of piperidine rings is 1. The zero-order chi connectivity index (χ0) is 12.8. The lowest BCUT2D eigenvalue weighted by Gasteiger charge is -2.33. The van der Waals surface area contributed by atoms with Crippen LogP contribution in [-0.4, -0.2) is 24.0 Å². The topological polar surface area (TPSA) is 29.3 Å². The van der Waals surface area contributed by atoms with Crippen molar-refractivity contribution in [3.8, 4) is 0 Å². The number of hydrogen-bond donors (Lipinski definition) is 1. The average Bonchev–Trinajstić information content (AvgIpc) is 2.42. The van der Waals surface area contributed by atoms with Crippen molar-refractivity contribution in [1.82, 2.24) is 4.90 Å². The Morgan fingerprint density at radius 1 is 1.21 bits per heavy atom.